The quantitative estimate of drug-likeness (QED) is 0.759. The van der Waals surface area contributed by atoms with Crippen molar-refractivity contribution in [3.63, 3.8) is 0 Å². The molecule has 0 aromatic heterocycles. The van der Waals surface area contributed by atoms with Crippen molar-refractivity contribution in [3.05, 3.63) is 0 Å². The summed E-state index contributed by atoms with van der Waals surface area (Å²) in [5.41, 5.74) is 0. The standard InChI is InChI=1S/C13H24N2S/c1-9-4-6-12(7-5-9)15-13-14-10(2)8-11(3)16-13/h9-12H,4-8H2,1-3H3,(H,14,15). The Hall–Kier alpha value is -0.180. The summed E-state index contributed by atoms with van der Waals surface area (Å²) in [5, 5.41) is 5.44. The largest absolute Gasteiger partial charge is 0.362 e. The molecule has 3 heteroatoms. The van der Waals surface area contributed by atoms with E-state index < -0.39 is 0 Å². The van der Waals surface area contributed by atoms with Crippen LogP contribution in [-0.2, 0) is 0 Å². The highest BCUT2D eigenvalue weighted by Crippen LogP contribution is 2.28. The minimum Gasteiger partial charge on any atom is -0.362 e. The number of aliphatic imine (C=N–C) groups is 1. The van der Waals surface area contributed by atoms with Crippen LogP contribution in [0, 0.1) is 5.92 Å². The minimum absolute atomic E-state index is 0.587. The number of amidine groups is 1. The molecule has 1 saturated carbocycles. The first-order valence-electron chi connectivity index (χ1n) is 6.64. The van der Waals surface area contributed by atoms with E-state index in [2.05, 4.69) is 26.1 Å². The van der Waals surface area contributed by atoms with Gasteiger partial charge in [0.25, 0.3) is 0 Å². The SMILES string of the molecule is CC1CCC(N=C2NC(C)CC(C)S2)CC1. The molecule has 1 aliphatic carbocycles. The van der Waals surface area contributed by atoms with Gasteiger partial charge in [-0.3, -0.25) is 4.99 Å². The molecule has 1 saturated heterocycles. The van der Waals surface area contributed by atoms with E-state index in [1.165, 1.54) is 37.3 Å². The van der Waals surface area contributed by atoms with Crippen molar-refractivity contribution < 1.29 is 0 Å². The van der Waals surface area contributed by atoms with Crippen LogP contribution in [0.3, 0.4) is 0 Å². The van der Waals surface area contributed by atoms with Crippen LogP contribution >= 0.6 is 11.8 Å². The highest BCUT2D eigenvalue weighted by Gasteiger charge is 2.22. The number of thioether (sulfide) groups is 1. The molecule has 1 N–H and O–H groups in total. The van der Waals surface area contributed by atoms with Gasteiger partial charge in [-0.1, -0.05) is 25.6 Å². The van der Waals surface area contributed by atoms with Gasteiger partial charge in [0.2, 0.25) is 0 Å². The molecule has 2 aliphatic rings. The number of rotatable bonds is 1. The topological polar surface area (TPSA) is 24.4 Å². The Balaban J connectivity index is 1.90. The van der Waals surface area contributed by atoms with Gasteiger partial charge in [-0.05, 0) is 44.9 Å². The van der Waals surface area contributed by atoms with E-state index in [9.17, 15) is 0 Å². The first-order chi connectivity index (χ1) is 7.63. The van der Waals surface area contributed by atoms with Crippen LogP contribution in [-0.4, -0.2) is 22.5 Å². The molecule has 2 nitrogen and oxygen atoms in total. The molecule has 2 fully saturated rings. The van der Waals surface area contributed by atoms with E-state index in [1.54, 1.807) is 0 Å². The first-order valence-corrected chi connectivity index (χ1v) is 7.52. The zero-order valence-electron chi connectivity index (χ0n) is 10.7. The lowest BCUT2D eigenvalue weighted by Crippen LogP contribution is -2.39. The zero-order chi connectivity index (χ0) is 11.5. The predicted molar refractivity (Wildman–Crippen MR) is 73.1 cm³/mol. The maximum absolute atomic E-state index is 4.90. The molecule has 92 valence electrons. The van der Waals surface area contributed by atoms with Crippen LogP contribution in [0.2, 0.25) is 0 Å². The lowest BCUT2D eigenvalue weighted by atomic mass is 9.88. The van der Waals surface area contributed by atoms with Gasteiger partial charge >= 0.3 is 0 Å². The molecule has 0 aromatic carbocycles. The van der Waals surface area contributed by atoms with E-state index in [4.69, 9.17) is 4.99 Å². The van der Waals surface area contributed by atoms with Crippen molar-refractivity contribution in [2.45, 2.75) is 70.2 Å². The van der Waals surface area contributed by atoms with Gasteiger partial charge in [0.15, 0.2) is 5.17 Å². The summed E-state index contributed by atoms with van der Waals surface area (Å²) in [6.07, 6.45) is 6.55. The lowest BCUT2D eigenvalue weighted by molar-refractivity contribution is 0.349. The molecule has 0 amide bonds. The maximum atomic E-state index is 4.90. The summed E-state index contributed by atoms with van der Waals surface area (Å²) in [4.78, 5) is 4.90. The van der Waals surface area contributed by atoms with Crippen LogP contribution in [0.25, 0.3) is 0 Å². The third-order valence-corrected chi connectivity index (χ3v) is 4.69. The fraction of sp³-hybridized carbons (Fsp3) is 0.923. The maximum Gasteiger partial charge on any atom is 0.157 e. The molecule has 1 aliphatic heterocycles. The van der Waals surface area contributed by atoms with Crippen molar-refractivity contribution >= 4 is 16.9 Å². The van der Waals surface area contributed by atoms with Gasteiger partial charge in [-0.15, -0.1) is 0 Å². The molecule has 0 aromatic rings. The Morgan fingerprint density at radius 3 is 2.44 bits per heavy atom. The van der Waals surface area contributed by atoms with Crippen molar-refractivity contribution in [2.24, 2.45) is 10.9 Å². The second-order valence-electron chi connectivity index (χ2n) is 5.56. The Labute approximate surface area is 104 Å². The number of hydrogen-bond acceptors (Lipinski definition) is 2. The molecule has 1 heterocycles. The average molecular weight is 240 g/mol. The number of hydrogen-bond donors (Lipinski definition) is 1. The predicted octanol–water partition coefficient (Wildman–Crippen LogP) is 3.42. The van der Waals surface area contributed by atoms with Crippen LogP contribution < -0.4 is 5.32 Å². The highest BCUT2D eigenvalue weighted by atomic mass is 32.2. The summed E-state index contributed by atoms with van der Waals surface area (Å²) in [7, 11) is 0. The molecule has 16 heavy (non-hydrogen) atoms. The van der Waals surface area contributed by atoms with Gasteiger partial charge in [0.1, 0.15) is 0 Å². The molecular formula is C13H24N2S. The lowest BCUT2D eigenvalue weighted by Gasteiger charge is -2.29. The smallest absolute Gasteiger partial charge is 0.157 e. The third-order valence-electron chi connectivity index (χ3n) is 3.65. The van der Waals surface area contributed by atoms with E-state index in [0.29, 0.717) is 12.1 Å². The Morgan fingerprint density at radius 1 is 1.12 bits per heavy atom. The van der Waals surface area contributed by atoms with Gasteiger partial charge in [0, 0.05) is 11.3 Å². The van der Waals surface area contributed by atoms with Crippen LogP contribution in [0.15, 0.2) is 4.99 Å². The highest BCUT2D eigenvalue weighted by molar-refractivity contribution is 8.14. The Kier molecular flexibility index (Phi) is 4.17. The summed E-state index contributed by atoms with van der Waals surface area (Å²) >= 11 is 1.92. The monoisotopic (exact) mass is 240 g/mol. The summed E-state index contributed by atoms with van der Waals surface area (Å²) in [6.45, 7) is 6.93. The second-order valence-corrected chi connectivity index (χ2v) is 6.98. The normalized spacial score (nSPS) is 43.1. The average Bonchev–Trinajstić information content (AvgIpc) is 2.20. The van der Waals surface area contributed by atoms with Gasteiger partial charge in [0.05, 0.1) is 6.04 Å². The third kappa shape index (κ3) is 3.41. The minimum atomic E-state index is 0.587. The molecule has 0 spiro atoms. The zero-order valence-corrected chi connectivity index (χ0v) is 11.5. The Morgan fingerprint density at radius 2 is 1.81 bits per heavy atom. The first kappa shape index (κ1) is 12.3. The van der Waals surface area contributed by atoms with Gasteiger partial charge in [-0.2, -0.15) is 0 Å². The van der Waals surface area contributed by atoms with E-state index >= 15 is 0 Å². The Bertz CT molecular complexity index is 245. The van der Waals surface area contributed by atoms with Crippen molar-refractivity contribution in [2.75, 3.05) is 0 Å². The van der Waals surface area contributed by atoms with Crippen LogP contribution in [0.5, 0.6) is 0 Å². The number of nitrogens with zero attached hydrogens (tertiary/aromatic N) is 1. The van der Waals surface area contributed by atoms with E-state index in [-0.39, 0.29) is 0 Å². The summed E-state index contributed by atoms with van der Waals surface area (Å²) in [5.74, 6) is 0.918. The molecule has 2 unspecified atom stereocenters. The molecule has 2 rings (SSSR count). The second kappa shape index (κ2) is 5.44. The molecule has 0 bridgehead atoms. The van der Waals surface area contributed by atoms with Crippen molar-refractivity contribution in [1.82, 2.24) is 5.32 Å². The fourth-order valence-electron chi connectivity index (χ4n) is 2.65. The number of nitrogens with one attached hydrogen (secondary N) is 1. The van der Waals surface area contributed by atoms with Crippen molar-refractivity contribution in [1.29, 1.82) is 0 Å². The molecule has 0 radical (unpaired) electrons. The summed E-state index contributed by atoms with van der Waals surface area (Å²) in [6, 6.07) is 1.18. The van der Waals surface area contributed by atoms with Crippen LogP contribution in [0.1, 0.15) is 52.9 Å². The van der Waals surface area contributed by atoms with Gasteiger partial charge < -0.3 is 5.32 Å². The van der Waals surface area contributed by atoms with Crippen LogP contribution in [0.4, 0.5) is 0 Å². The fourth-order valence-corrected chi connectivity index (χ4v) is 3.89. The molecule has 2 atom stereocenters. The van der Waals surface area contributed by atoms with Gasteiger partial charge in [-0.25, -0.2) is 0 Å². The van der Waals surface area contributed by atoms with E-state index in [1.807, 2.05) is 11.8 Å². The molecular weight excluding hydrogens is 216 g/mol. The van der Waals surface area contributed by atoms with Crippen molar-refractivity contribution in [3.8, 4) is 0 Å². The summed E-state index contributed by atoms with van der Waals surface area (Å²) < 4.78 is 0. The van der Waals surface area contributed by atoms with E-state index in [0.717, 1.165) is 11.2 Å².